The molecule has 118 valence electrons. The molecule has 5 heteroatoms. The van der Waals surface area contributed by atoms with E-state index < -0.39 is 0 Å². The van der Waals surface area contributed by atoms with E-state index in [0.29, 0.717) is 0 Å². The summed E-state index contributed by atoms with van der Waals surface area (Å²) >= 11 is 0. The van der Waals surface area contributed by atoms with Gasteiger partial charge in [0.1, 0.15) is 0 Å². The molecule has 1 aliphatic heterocycles. The van der Waals surface area contributed by atoms with Gasteiger partial charge in [-0.2, -0.15) is 0 Å². The predicted octanol–water partition coefficient (Wildman–Crippen LogP) is 1.33. The fraction of sp³-hybridized carbons (Fsp3) is 0.812. The summed E-state index contributed by atoms with van der Waals surface area (Å²) in [7, 11) is 2.21. The van der Waals surface area contributed by atoms with Crippen LogP contribution in [-0.2, 0) is 6.54 Å². The van der Waals surface area contributed by atoms with Gasteiger partial charge in [0, 0.05) is 57.0 Å². The Kier molecular flexibility index (Phi) is 4.33. The molecule has 2 fully saturated rings. The molecule has 1 aromatic rings. The van der Waals surface area contributed by atoms with Crippen LogP contribution in [-0.4, -0.2) is 64.7 Å². The molecule has 0 bridgehead atoms. The number of likely N-dealkylation sites (N-methyl/N-ethyl adjacent to an activating group) is 1. The molecule has 0 spiro atoms. The zero-order chi connectivity index (χ0) is 14.9. The smallest absolute Gasteiger partial charge is 0.0951 e. The Morgan fingerprint density at radius 1 is 1.24 bits per heavy atom. The van der Waals surface area contributed by atoms with Crippen LogP contribution in [0.1, 0.15) is 38.4 Å². The van der Waals surface area contributed by atoms with Gasteiger partial charge in [0.05, 0.1) is 12.0 Å². The molecule has 0 aromatic carbocycles. The first-order chi connectivity index (χ1) is 10.1. The highest BCUT2D eigenvalue weighted by atomic mass is 15.3. The van der Waals surface area contributed by atoms with Crippen molar-refractivity contribution >= 4 is 0 Å². The minimum atomic E-state index is 0.214. The maximum Gasteiger partial charge on any atom is 0.0951 e. The molecule has 5 nitrogen and oxygen atoms in total. The second-order valence-corrected chi connectivity index (χ2v) is 7.23. The van der Waals surface area contributed by atoms with E-state index in [1.165, 1.54) is 44.7 Å². The third-order valence-corrected chi connectivity index (χ3v) is 4.91. The normalized spacial score (nSPS) is 21.9. The number of hydrogen-bond donors (Lipinski definition) is 1. The summed E-state index contributed by atoms with van der Waals surface area (Å²) in [6.45, 7) is 11.3. The zero-order valence-electron chi connectivity index (χ0n) is 13.7. The highest BCUT2D eigenvalue weighted by molar-refractivity contribution is 5.03. The third-order valence-electron chi connectivity index (χ3n) is 4.91. The fourth-order valence-electron chi connectivity index (χ4n) is 3.17. The number of nitrogens with one attached hydrogen (secondary N) is 1. The second-order valence-electron chi connectivity index (χ2n) is 7.23. The number of nitrogens with zero attached hydrogens (tertiary/aromatic N) is 4. The Hall–Kier alpha value is -0.910. The summed E-state index contributed by atoms with van der Waals surface area (Å²) < 4.78 is 2.34. The summed E-state index contributed by atoms with van der Waals surface area (Å²) in [5.41, 5.74) is 1.54. The molecule has 1 saturated heterocycles. The molecule has 0 atom stereocenters. The van der Waals surface area contributed by atoms with Crippen molar-refractivity contribution in [3.05, 3.63) is 18.2 Å². The van der Waals surface area contributed by atoms with Crippen LogP contribution in [0.25, 0.3) is 0 Å². The Labute approximate surface area is 128 Å². The van der Waals surface area contributed by atoms with E-state index in [-0.39, 0.29) is 5.54 Å². The van der Waals surface area contributed by atoms with Gasteiger partial charge in [-0.25, -0.2) is 4.98 Å². The summed E-state index contributed by atoms with van der Waals surface area (Å²) in [6.07, 6.45) is 6.63. The van der Waals surface area contributed by atoms with E-state index in [9.17, 15) is 0 Å². The van der Waals surface area contributed by atoms with E-state index in [1.807, 2.05) is 12.5 Å². The van der Waals surface area contributed by atoms with Gasteiger partial charge in [-0.3, -0.25) is 4.90 Å². The van der Waals surface area contributed by atoms with Crippen LogP contribution in [0.3, 0.4) is 0 Å². The lowest BCUT2D eigenvalue weighted by Crippen LogP contribution is -2.57. The molecule has 0 radical (unpaired) electrons. The van der Waals surface area contributed by atoms with Crippen LogP contribution in [0, 0.1) is 0 Å². The molecule has 0 amide bonds. The van der Waals surface area contributed by atoms with Crippen LogP contribution in [0.15, 0.2) is 12.5 Å². The molecule has 1 N–H and O–H groups in total. The maximum atomic E-state index is 4.30. The van der Waals surface area contributed by atoms with E-state index >= 15 is 0 Å². The highest BCUT2D eigenvalue weighted by Gasteiger charge is 2.29. The largest absolute Gasteiger partial charge is 0.330 e. The molecule has 21 heavy (non-hydrogen) atoms. The van der Waals surface area contributed by atoms with Gasteiger partial charge in [-0.15, -0.1) is 0 Å². The SMILES string of the molecule is CN1CCN(C(C)(C)CNCc2cncn2C2CC2)CC1. The molecule has 2 aliphatic rings. The molecule has 1 saturated carbocycles. The minimum Gasteiger partial charge on any atom is -0.330 e. The van der Waals surface area contributed by atoms with Crippen molar-refractivity contribution in [3.63, 3.8) is 0 Å². The van der Waals surface area contributed by atoms with E-state index in [2.05, 4.69) is 45.6 Å². The van der Waals surface area contributed by atoms with Gasteiger partial charge in [-0.1, -0.05) is 0 Å². The van der Waals surface area contributed by atoms with Gasteiger partial charge in [0.2, 0.25) is 0 Å². The van der Waals surface area contributed by atoms with Crippen LogP contribution < -0.4 is 5.32 Å². The number of rotatable bonds is 6. The number of aromatic nitrogens is 2. The van der Waals surface area contributed by atoms with E-state index in [4.69, 9.17) is 0 Å². The average molecular weight is 291 g/mol. The van der Waals surface area contributed by atoms with E-state index in [1.54, 1.807) is 0 Å². The lowest BCUT2D eigenvalue weighted by Gasteiger charge is -2.43. The number of piperazine rings is 1. The molecule has 3 rings (SSSR count). The first-order valence-corrected chi connectivity index (χ1v) is 8.21. The molecule has 1 aromatic heterocycles. The van der Waals surface area contributed by atoms with Crippen LogP contribution in [0.5, 0.6) is 0 Å². The Morgan fingerprint density at radius 2 is 1.95 bits per heavy atom. The highest BCUT2D eigenvalue weighted by Crippen LogP contribution is 2.35. The minimum absolute atomic E-state index is 0.214. The summed E-state index contributed by atoms with van der Waals surface area (Å²) in [6, 6.07) is 0.718. The molecular formula is C16H29N5. The first kappa shape index (κ1) is 15.0. The van der Waals surface area contributed by atoms with Gasteiger partial charge in [0.25, 0.3) is 0 Å². The Bertz CT molecular complexity index is 455. The first-order valence-electron chi connectivity index (χ1n) is 8.21. The Balaban J connectivity index is 1.48. The van der Waals surface area contributed by atoms with Crippen LogP contribution in [0.4, 0.5) is 0 Å². The van der Waals surface area contributed by atoms with Crippen molar-refractivity contribution in [2.24, 2.45) is 0 Å². The topological polar surface area (TPSA) is 36.3 Å². The van der Waals surface area contributed by atoms with E-state index in [0.717, 1.165) is 19.1 Å². The van der Waals surface area contributed by atoms with Gasteiger partial charge in [0.15, 0.2) is 0 Å². The lowest BCUT2D eigenvalue weighted by atomic mass is 10.0. The molecular weight excluding hydrogens is 262 g/mol. The lowest BCUT2D eigenvalue weighted by molar-refractivity contribution is 0.0617. The second kappa shape index (κ2) is 6.07. The Morgan fingerprint density at radius 3 is 2.62 bits per heavy atom. The van der Waals surface area contributed by atoms with Crippen molar-refractivity contribution in [3.8, 4) is 0 Å². The van der Waals surface area contributed by atoms with Gasteiger partial charge in [-0.05, 0) is 33.7 Å². The van der Waals surface area contributed by atoms with Crippen molar-refractivity contribution in [2.75, 3.05) is 39.8 Å². The monoisotopic (exact) mass is 291 g/mol. The number of hydrogen-bond acceptors (Lipinski definition) is 4. The van der Waals surface area contributed by atoms with Crippen molar-refractivity contribution in [2.45, 2.75) is 44.8 Å². The van der Waals surface area contributed by atoms with Crippen LogP contribution >= 0.6 is 0 Å². The van der Waals surface area contributed by atoms with Crippen molar-refractivity contribution < 1.29 is 0 Å². The fourth-order valence-corrected chi connectivity index (χ4v) is 3.17. The average Bonchev–Trinajstić information content (AvgIpc) is 3.19. The van der Waals surface area contributed by atoms with Crippen molar-refractivity contribution in [1.29, 1.82) is 0 Å². The predicted molar refractivity (Wildman–Crippen MR) is 85.4 cm³/mol. The molecule has 1 aliphatic carbocycles. The third kappa shape index (κ3) is 3.65. The van der Waals surface area contributed by atoms with Crippen molar-refractivity contribution in [1.82, 2.24) is 24.7 Å². The van der Waals surface area contributed by atoms with Gasteiger partial charge >= 0.3 is 0 Å². The quantitative estimate of drug-likeness (QED) is 0.858. The molecule has 0 unspecified atom stereocenters. The summed E-state index contributed by atoms with van der Waals surface area (Å²) in [5.74, 6) is 0. The standard InChI is InChI=1S/C16H29N5/c1-16(2,20-8-6-19(3)7-9-20)12-17-10-15-11-18-13-21(15)14-4-5-14/h11,13-14,17H,4-10,12H2,1-3H3. The maximum absolute atomic E-state index is 4.30. The summed E-state index contributed by atoms with van der Waals surface area (Å²) in [5, 5.41) is 3.64. The van der Waals surface area contributed by atoms with Gasteiger partial charge < -0.3 is 14.8 Å². The zero-order valence-corrected chi connectivity index (χ0v) is 13.7. The summed E-state index contributed by atoms with van der Waals surface area (Å²) in [4.78, 5) is 9.32. The van der Waals surface area contributed by atoms with Crippen LogP contribution in [0.2, 0.25) is 0 Å². The number of imidazole rings is 1. The molecule has 2 heterocycles.